The number of thiazole rings is 1. The maximum Gasteiger partial charge on any atom is 0.154 e. The number of hydrogen-bond donors (Lipinski definition) is 1. The number of fused-ring (bicyclic) bond motifs is 1. The summed E-state index contributed by atoms with van der Waals surface area (Å²) in [7, 11) is 0. The third-order valence-corrected chi connectivity index (χ3v) is 3.52. The number of Topliss-reactive ketones (excluding diaryl/α,β-unsaturated/α-hetero) is 1. The molecule has 1 aromatic heterocycles. The Labute approximate surface area is 142 Å². The fourth-order valence-electron chi connectivity index (χ4n) is 1.24. The van der Waals surface area contributed by atoms with Crippen molar-refractivity contribution >= 4 is 44.5 Å². The quantitative estimate of drug-likeness (QED) is 0.637. The highest BCUT2D eigenvalue weighted by Crippen LogP contribution is 2.19. The van der Waals surface area contributed by atoms with E-state index < -0.39 is 0 Å². The van der Waals surface area contributed by atoms with Crippen LogP contribution in [-0.2, 0) is 4.79 Å². The molecule has 1 heterocycles. The molecule has 120 valence electrons. The molecule has 5 heteroatoms. The summed E-state index contributed by atoms with van der Waals surface area (Å²) >= 11 is 6.42. The zero-order chi connectivity index (χ0) is 17.1. The predicted octanol–water partition coefficient (Wildman–Crippen LogP) is 4.70. The Balaban J connectivity index is 0.000000324. The Hall–Kier alpha value is -1.59. The van der Waals surface area contributed by atoms with Crippen LogP contribution in [0.3, 0.4) is 0 Å². The van der Waals surface area contributed by atoms with Crippen molar-refractivity contribution in [3.8, 4) is 0 Å². The third-order valence-electron chi connectivity index (χ3n) is 2.43. The van der Waals surface area contributed by atoms with Gasteiger partial charge in [0.15, 0.2) is 5.78 Å². The number of benzene rings is 1. The van der Waals surface area contributed by atoms with E-state index in [4.69, 9.17) is 0 Å². The number of hydrogen-bond acceptors (Lipinski definition) is 4. The van der Waals surface area contributed by atoms with Crippen LogP contribution in [0.2, 0.25) is 0 Å². The molecule has 2 aromatic rings. The SMILES string of the molecule is C=C(C)C(C)=O.CCNC(C)=S.Cc1nc2ccccc2s1. The number of ketones is 1. The molecule has 0 bridgehead atoms. The van der Waals surface area contributed by atoms with Crippen LogP contribution in [0.1, 0.15) is 32.7 Å². The number of rotatable bonds is 2. The third kappa shape index (κ3) is 9.37. The summed E-state index contributed by atoms with van der Waals surface area (Å²) in [6.07, 6.45) is 0. The number of carbonyl (C=O) groups is 1. The molecule has 0 aliphatic rings. The van der Waals surface area contributed by atoms with E-state index in [1.54, 1.807) is 18.3 Å². The maximum absolute atomic E-state index is 10.0. The molecule has 22 heavy (non-hydrogen) atoms. The van der Waals surface area contributed by atoms with Crippen LogP contribution in [-0.4, -0.2) is 22.3 Å². The summed E-state index contributed by atoms with van der Waals surface area (Å²) in [6.45, 7) is 13.5. The van der Waals surface area contributed by atoms with Gasteiger partial charge in [-0.25, -0.2) is 4.98 Å². The Morgan fingerprint density at radius 3 is 2.23 bits per heavy atom. The van der Waals surface area contributed by atoms with Gasteiger partial charge in [0.05, 0.1) is 20.2 Å². The van der Waals surface area contributed by atoms with Crippen molar-refractivity contribution < 1.29 is 4.79 Å². The van der Waals surface area contributed by atoms with Gasteiger partial charge in [0.2, 0.25) is 0 Å². The lowest BCUT2D eigenvalue weighted by Gasteiger charge is -1.92. The maximum atomic E-state index is 10.0. The zero-order valence-corrected chi connectivity index (χ0v) is 15.5. The fourth-order valence-corrected chi connectivity index (χ4v) is 2.21. The Morgan fingerprint density at radius 1 is 1.32 bits per heavy atom. The molecule has 0 spiro atoms. The lowest BCUT2D eigenvalue weighted by Crippen LogP contribution is -2.16. The molecule has 0 unspecified atom stereocenters. The zero-order valence-electron chi connectivity index (χ0n) is 13.9. The smallest absolute Gasteiger partial charge is 0.154 e. The summed E-state index contributed by atoms with van der Waals surface area (Å²) in [5.41, 5.74) is 1.74. The first-order valence-electron chi connectivity index (χ1n) is 7.01. The number of aromatic nitrogens is 1. The van der Waals surface area contributed by atoms with Crippen molar-refractivity contribution in [3.63, 3.8) is 0 Å². The van der Waals surface area contributed by atoms with Crippen LogP contribution in [0, 0.1) is 6.92 Å². The lowest BCUT2D eigenvalue weighted by atomic mass is 10.3. The van der Waals surface area contributed by atoms with Gasteiger partial charge < -0.3 is 5.32 Å². The molecule has 0 saturated heterocycles. The molecule has 0 radical (unpaired) electrons. The number of carbonyl (C=O) groups excluding carboxylic acids is 1. The minimum Gasteiger partial charge on any atom is -0.380 e. The van der Waals surface area contributed by atoms with Crippen molar-refractivity contribution in [1.82, 2.24) is 10.3 Å². The topological polar surface area (TPSA) is 42.0 Å². The molecule has 0 amide bonds. The number of aryl methyl sites for hydroxylation is 1. The molecular weight excluding hydrogens is 312 g/mol. The van der Waals surface area contributed by atoms with Crippen molar-refractivity contribution in [2.45, 2.75) is 34.6 Å². The van der Waals surface area contributed by atoms with E-state index in [2.05, 4.69) is 35.2 Å². The van der Waals surface area contributed by atoms with Gasteiger partial charge in [-0.15, -0.1) is 11.3 Å². The number of allylic oxidation sites excluding steroid dienone is 1. The van der Waals surface area contributed by atoms with Gasteiger partial charge in [-0.1, -0.05) is 30.9 Å². The molecule has 1 aromatic carbocycles. The van der Waals surface area contributed by atoms with Crippen molar-refractivity contribution in [2.24, 2.45) is 0 Å². The summed E-state index contributed by atoms with van der Waals surface area (Å²) in [5.74, 6) is 0.0648. The molecule has 0 saturated carbocycles. The van der Waals surface area contributed by atoms with Crippen molar-refractivity contribution in [3.05, 3.63) is 41.4 Å². The van der Waals surface area contributed by atoms with Gasteiger partial charge in [0.25, 0.3) is 0 Å². The van der Waals surface area contributed by atoms with Gasteiger partial charge >= 0.3 is 0 Å². The molecule has 2 rings (SSSR count). The molecule has 0 aliphatic carbocycles. The Kier molecular flexibility index (Phi) is 10.2. The average Bonchev–Trinajstić information content (AvgIpc) is 2.79. The highest BCUT2D eigenvalue weighted by molar-refractivity contribution is 7.80. The summed E-state index contributed by atoms with van der Waals surface area (Å²) in [5, 5.41) is 4.08. The minimum absolute atomic E-state index is 0.0648. The molecule has 1 N–H and O–H groups in total. The van der Waals surface area contributed by atoms with Crippen LogP contribution >= 0.6 is 23.6 Å². The largest absolute Gasteiger partial charge is 0.380 e. The summed E-state index contributed by atoms with van der Waals surface area (Å²) in [4.78, 5) is 15.2. The molecule has 0 aliphatic heterocycles. The number of nitrogens with one attached hydrogen (secondary N) is 1. The number of nitrogens with zero attached hydrogens (tertiary/aromatic N) is 1. The van der Waals surface area contributed by atoms with Crippen molar-refractivity contribution in [1.29, 1.82) is 0 Å². The van der Waals surface area contributed by atoms with E-state index in [9.17, 15) is 4.79 Å². The van der Waals surface area contributed by atoms with Gasteiger partial charge in [-0.2, -0.15) is 0 Å². The van der Waals surface area contributed by atoms with Crippen LogP contribution in [0.25, 0.3) is 10.2 Å². The highest BCUT2D eigenvalue weighted by atomic mass is 32.1. The van der Waals surface area contributed by atoms with Crippen LogP contribution in [0.5, 0.6) is 0 Å². The fraction of sp³-hybridized carbons (Fsp3) is 0.353. The van der Waals surface area contributed by atoms with Gasteiger partial charge in [-0.05, 0) is 52.3 Å². The van der Waals surface area contributed by atoms with Gasteiger partial charge in [0, 0.05) is 6.54 Å². The highest BCUT2D eigenvalue weighted by Gasteiger charge is 1.95. The molecular formula is C17H24N2OS2. The lowest BCUT2D eigenvalue weighted by molar-refractivity contribution is -0.113. The van der Waals surface area contributed by atoms with Crippen LogP contribution < -0.4 is 5.32 Å². The van der Waals surface area contributed by atoms with Crippen LogP contribution in [0.15, 0.2) is 36.4 Å². The van der Waals surface area contributed by atoms with E-state index >= 15 is 0 Å². The van der Waals surface area contributed by atoms with E-state index in [1.807, 2.05) is 39.0 Å². The predicted molar refractivity (Wildman–Crippen MR) is 102 cm³/mol. The number of para-hydroxylation sites is 1. The van der Waals surface area contributed by atoms with E-state index in [-0.39, 0.29) is 5.78 Å². The molecule has 0 atom stereocenters. The first kappa shape index (κ1) is 20.4. The van der Waals surface area contributed by atoms with Crippen LogP contribution in [0.4, 0.5) is 0 Å². The Bertz CT molecular complexity index is 587. The molecule has 3 nitrogen and oxygen atoms in total. The average molecular weight is 337 g/mol. The second-order valence-corrected chi connectivity index (χ2v) is 6.47. The van der Waals surface area contributed by atoms with Crippen molar-refractivity contribution in [2.75, 3.05) is 6.54 Å². The standard InChI is InChI=1S/C8H7NS.C5H8O.C4H9NS/c1-6-9-7-4-2-3-5-8(7)10-6;1-4(2)5(3)6;1-3-5-4(2)6/h2-5H,1H3;1H2,2-3H3;3H2,1-2H3,(H,5,6). The van der Waals surface area contributed by atoms with Gasteiger partial charge in [0.1, 0.15) is 0 Å². The second kappa shape index (κ2) is 11.0. The van der Waals surface area contributed by atoms with E-state index in [0.717, 1.165) is 22.1 Å². The normalized spacial score (nSPS) is 8.95. The van der Waals surface area contributed by atoms with E-state index in [0.29, 0.717) is 5.57 Å². The minimum atomic E-state index is 0.0648. The molecule has 0 fully saturated rings. The summed E-state index contributed by atoms with van der Waals surface area (Å²) < 4.78 is 1.28. The van der Waals surface area contributed by atoms with E-state index in [1.165, 1.54) is 11.6 Å². The first-order valence-corrected chi connectivity index (χ1v) is 8.23. The van der Waals surface area contributed by atoms with Gasteiger partial charge in [-0.3, -0.25) is 4.79 Å². The second-order valence-electron chi connectivity index (χ2n) is 4.62. The summed E-state index contributed by atoms with van der Waals surface area (Å²) in [6, 6.07) is 8.19. The Morgan fingerprint density at radius 2 is 1.86 bits per heavy atom. The number of thiocarbonyl (C=S) groups is 1. The first-order chi connectivity index (χ1) is 10.3. The monoisotopic (exact) mass is 336 g/mol.